The van der Waals surface area contributed by atoms with E-state index in [9.17, 15) is 4.79 Å². The zero-order chi connectivity index (χ0) is 8.27. The van der Waals surface area contributed by atoms with E-state index in [-0.39, 0.29) is 5.91 Å². The molecule has 1 N–H and O–H groups in total. The molecule has 0 saturated carbocycles. The number of nitrogens with one attached hydrogen (secondary N) is 1. The Hall–Kier alpha value is -0.650. The van der Waals surface area contributed by atoms with E-state index in [2.05, 4.69) is 32.9 Å². The van der Waals surface area contributed by atoms with Crippen molar-refractivity contribution in [3.63, 3.8) is 0 Å². The molecule has 0 spiro atoms. The van der Waals surface area contributed by atoms with E-state index >= 15 is 0 Å². The summed E-state index contributed by atoms with van der Waals surface area (Å²) in [5.74, 6) is -0.0784. The van der Waals surface area contributed by atoms with Gasteiger partial charge < -0.3 is 5.32 Å². The van der Waals surface area contributed by atoms with E-state index in [0.717, 1.165) is 3.70 Å². The summed E-state index contributed by atoms with van der Waals surface area (Å²) in [6.45, 7) is 0. The summed E-state index contributed by atoms with van der Waals surface area (Å²) in [6, 6.07) is 3.42. The minimum Gasteiger partial charge on any atom is -0.355 e. The number of carbonyl (C=O) groups is 1. The van der Waals surface area contributed by atoms with Gasteiger partial charge in [-0.2, -0.15) is 0 Å². The van der Waals surface area contributed by atoms with Crippen LogP contribution in [0.3, 0.4) is 0 Å². The van der Waals surface area contributed by atoms with Crippen LogP contribution in [-0.4, -0.2) is 17.9 Å². The maximum atomic E-state index is 11.0. The molecule has 0 fully saturated rings. The van der Waals surface area contributed by atoms with Gasteiger partial charge >= 0.3 is 0 Å². The van der Waals surface area contributed by atoms with Gasteiger partial charge in [0, 0.05) is 18.8 Å². The highest BCUT2D eigenvalue weighted by Crippen LogP contribution is 2.03. The molecule has 0 aliphatic rings. The highest BCUT2D eigenvalue weighted by atomic mass is 127. The van der Waals surface area contributed by atoms with Gasteiger partial charge in [0.15, 0.2) is 0 Å². The third-order valence-corrected chi connectivity index (χ3v) is 1.81. The van der Waals surface area contributed by atoms with Crippen LogP contribution in [0, 0.1) is 3.70 Å². The Labute approximate surface area is 78.4 Å². The van der Waals surface area contributed by atoms with Gasteiger partial charge in [-0.1, -0.05) is 0 Å². The van der Waals surface area contributed by atoms with E-state index in [4.69, 9.17) is 0 Å². The van der Waals surface area contributed by atoms with Crippen molar-refractivity contribution in [1.29, 1.82) is 0 Å². The Morgan fingerprint density at radius 1 is 1.73 bits per heavy atom. The lowest BCUT2D eigenvalue weighted by molar-refractivity contribution is 0.0963. The number of nitrogens with zero attached hydrogens (tertiary/aromatic N) is 1. The summed E-state index contributed by atoms with van der Waals surface area (Å²) < 4.78 is 0.823. The molecule has 11 heavy (non-hydrogen) atoms. The first-order valence-corrected chi connectivity index (χ1v) is 4.15. The molecule has 1 amide bonds. The molecule has 1 heterocycles. The second kappa shape index (κ2) is 3.66. The Bertz CT molecular complexity index is 275. The zero-order valence-electron chi connectivity index (χ0n) is 5.97. The molecule has 0 aromatic carbocycles. The van der Waals surface area contributed by atoms with Crippen molar-refractivity contribution in [1.82, 2.24) is 10.3 Å². The summed E-state index contributed by atoms with van der Waals surface area (Å²) in [5.41, 5.74) is 0.645. The number of pyridine rings is 1. The molecule has 0 atom stereocenters. The Morgan fingerprint density at radius 2 is 2.45 bits per heavy atom. The summed E-state index contributed by atoms with van der Waals surface area (Å²) >= 11 is 2.06. The van der Waals surface area contributed by atoms with Crippen molar-refractivity contribution in [3.8, 4) is 0 Å². The molecule has 0 bridgehead atoms. The molecule has 1 rings (SSSR count). The maximum Gasteiger partial charge on any atom is 0.251 e. The standard InChI is InChI=1S/C7H7IN2O/c1-9-7(11)5-2-3-10-6(8)4-5/h2-4H,1H3,(H,9,11). The van der Waals surface area contributed by atoms with Crippen LogP contribution in [0.1, 0.15) is 10.4 Å². The largest absolute Gasteiger partial charge is 0.355 e. The van der Waals surface area contributed by atoms with Crippen molar-refractivity contribution < 1.29 is 4.79 Å². The lowest BCUT2D eigenvalue weighted by Gasteiger charge is -1.97. The van der Waals surface area contributed by atoms with Crippen LogP contribution in [0.5, 0.6) is 0 Å². The monoisotopic (exact) mass is 262 g/mol. The van der Waals surface area contributed by atoms with Crippen LogP contribution < -0.4 is 5.32 Å². The van der Waals surface area contributed by atoms with E-state index < -0.39 is 0 Å². The van der Waals surface area contributed by atoms with Crippen LogP contribution in [0.4, 0.5) is 0 Å². The maximum absolute atomic E-state index is 11.0. The number of rotatable bonds is 1. The predicted molar refractivity (Wildman–Crippen MR) is 50.3 cm³/mol. The third-order valence-electron chi connectivity index (χ3n) is 1.22. The van der Waals surface area contributed by atoms with Crippen molar-refractivity contribution in [3.05, 3.63) is 27.6 Å². The molecule has 0 unspecified atom stereocenters. The predicted octanol–water partition coefficient (Wildman–Crippen LogP) is 1.05. The van der Waals surface area contributed by atoms with Gasteiger partial charge in [0.2, 0.25) is 0 Å². The fourth-order valence-electron chi connectivity index (χ4n) is 0.688. The Balaban J connectivity index is 2.96. The van der Waals surface area contributed by atoms with E-state index in [1.54, 1.807) is 25.4 Å². The summed E-state index contributed by atoms with van der Waals surface area (Å²) in [6.07, 6.45) is 1.62. The first-order chi connectivity index (χ1) is 5.24. The number of halogens is 1. The molecule has 1 aromatic heterocycles. The summed E-state index contributed by atoms with van der Waals surface area (Å²) in [7, 11) is 1.61. The molecule has 0 aliphatic carbocycles. The minimum absolute atomic E-state index is 0.0784. The fourth-order valence-corrected chi connectivity index (χ4v) is 1.18. The van der Waals surface area contributed by atoms with Crippen LogP contribution in [-0.2, 0) is 0 Å². The lowest BCUT2D eigenvalue weighted by atomic mass is 10.2. The van der Waals surface area contributed by atoms with Crippen molar-refractivity contribution >= 4 is 28.5 Å². The van der Waals surface area contributed by atoms with Crippen LogP contribution >= 0.6 is 22.6 Å². The summed E-state index contributed by atoms with van der Waals surface area (Å²) in [4.78, 5) is 15.0. The number of aromatic nitrogens is 1. The average molecular weight is 262 g/mol. The molecule has 3 nitrogen and oxygen atoms in total. The van der Waals surface area contributed by atoms with Gasteiger partial charge in [-0.3, -0.25) is 9.78 Å². The summed E-state index contributed by atoms with van der Waals surface area (Å²) in [5, 5.41) is 2.54. The minimum atomic E-state index is -0.0784. The molecule has 0 saturated heterocycles. The van der Waals surface area contributed by atoms with Gasteiger partial charge in [-0.15, -0.1) is 0 Å². The molecule has 4 heteroatoms. The van der Waals surface area contributed by atoms with Gasteiger partial charge in [0.1, 0.15) is 3.70 Å². The van der Waals surface area contributed by atoms with Crippen LogP contribution in [0.25, 0.3) is 0 Å². The topological polar surface area (TPSA) is 42.0 Å². The van der Waals surface area contributed by atoms with E-state index in [1.807, 2.05) is 0 Å². The first-order valence-electron chi connectivity index (χ1n) is 3.07. The molecule has 1 aromatic rings. The normalized spacial score (nSPS) is 9.27. The van der Waals surface area contributed by atoms with Crippen molar-refractivity contribution in [2.24, 2.45) is 0 Å². The number of amides is 1. The average Bonchev–Trinajstić information content (AvgIpc) is 2.03. The zero-order valence-corrected chi connectivity index (χ0v) is 8.12. The van der Waals surface area contributed by atoms with Gasteiger partial charge in [-0.25, -0.2) is 0 Å². The number of carbonyl (C=O) groups excluding carboxylic acids is 1. The van der Waals surface area contributed by atoms with E-state index in [0.29, 0.717) is 5.56 Å². The second-order valence-electron chi connectivity index (χ2n) is 1.95. The van der Waals surface area contributed by atoms with Gasteiger partial charge in [0.05, 0.1) is 0 Å². The molecular formula is C7H7IN2O. The highest BCUT2D eigenvalue weighted by molar-refractivity contribution is 14.1. The van der Waals surface area contributed by atoms with Crippen LogP contribution in [0.2, 0.25) is 0 Å². The van der Waals surface area contributed by atoms with Crippen LogP contribution in [0.15, 0.2) is 18.3 Å². The smallest absolute Gasteiger partial charge is 0.251 e. The molecule has 58 valence electrons. The number of hydrogen-bond donors (Lipinski definition) is 1. The fraction of sp³-hybridized carbons (Fsp3) is 0.143. The van der Waals surface area contributed by atoms with Crippen molar-refractivity contribution in [2.45, 2.75) is 0 Å². The highest BCUT2D eigenvalue weighted by Gasteiger charge is 2.01. The second-order valence-corrected chi connectivity index (χ2v) is 3.05. The van der Waals surface area contributed by atoms with Gasteiger partial charge in [0.25, 0.3) is 5.91 Å². The van der Waals surface area contributed by atoms with Crippen molar-refractivity contribution in [2.75, 3.05) is 7.05 Å². The quantitative estimate of drug-likeness (QED) is 0.607. The third kappa shape index (κ3) is 2.14. The SMILES string of the molecule is CNC(=O)c1ccnc(I)c1. The van der Waals surface area contributed by atoms with E-state index in [1.165, 1.54) is 0 Å². The Morgan fingerprint density at radius 3 is 3.00 bits per heavy atom. The molecule has 0 radical (unpaired) electrons. The number of hydrogen-bond acceptors (Lipinski definition) is 2. The Kier molecular flexibility index (Phi) is 2.81. The van der Waals surface area contributed by atoms with Gasteiger partial charge in [-0.05, 0) is 34.7 Å². The lowest BCUT2D eigenvalue weighted by Crippen LogP contribution is -2.17. The molecular weight excluding hydrogens is 255 g/mol. The molecule has 0 aliphatic heterocycles. The first kappa shape index (κ1) is 8.45.